The maximum Gasteiger partial charge on any atom is 0.230 e. The SMILES string of the molecule is O=C([C@H]1CCc2ccccc21)N1CCC[C@@H]1Cn1cccn1. The Morgan fingerprint density at radius 3 is 3.00 bits per heavy atom. The number of carbonyl (C=O) groups is 1. The molecule has 1 fully saturated rings. The van der Waals surface area contributed by atoms with E-state index in [4.69, 9.17) is 0 Å². The molecule has 4 nitrogen and oxygen atoms in total. The van der Waals surface area contributed by atoms with Crippen LogP contribution in [0.15, 0.2) is 42.7 Å². The molecule has 1 aliphatic heterocycles. The fourth-order valence-electron chi connectivity index (χ4n) is 3.95. The minimum absolute atomic E-state index is 0.0643. The van der Waals surface area contributed by atoms with Gasteiger partial charge in [0.05, 0.1) is 18.5 Å². The third-order valence-electron chi connectivity index (χ3n) is 5.05. The lowest BCUT2D eigenvalue weighted by Gasteiger charge is -2.27. The number of hydrogen-bond acceptors (Lipinski definition) is 2. The zero-order valence-electron chi connectivity index (χ0n) is 12.7. The molecular formula is C18H21N3O. The average Bonchev–Trinajstić information content (AvgIpc) is 3.27. The van der Waals surface area contributed by atoms with Crippen LogP contribution in [0.25, 0.3) is 0 Å². The molecule has 0 bridgehead atoms. The molecule has 0 radical (unpaired) electrons. The number of aromatic nitrogens is 2. The Kier molecular flexibility index (Phi) is 3.45. The fraction of sp³-hybridized carbons (Fsp3) is 0.444. The summed E-state index contributed by atoms with van der Waals surface area (Å²) in [7, 11) is 0. The highest BCUT2D eigenvalue weighted by Crippen LogP contribution is 2.36. The molecule has 2 aromatic rings. The van der Waals surface area contributed by atoms with Gasteiger partial charge in [-0.2, -0.15) is 5.10 Å². The maximum atomic E-state index is 13.0. The van der Waals surface area contributed by atoms with Crippen molar-refractivity contribution in [3.8, 4) is 0 Å². The summed E-state index contributed by atoms with van der Waals surface area (Å²) in [5, 5.41) is 4.29. The molecule has 0 spiro atoms. The van der Waals surface area contributed by atoms with Crippen molar-refractivity contribution < 1.29 is 4.79 Å². The Morgan fingerprint density at radius 1 is 1.23 bits per heavy atom. The van der Waals surface area contributed by atoms with Crippen LogP contribution in [0.3, 0.4) is 0 Å². The number of amides is 1. The zero-order valence-corrected chi connectivity index (χ0v) is 12.7. The molecule has 1 aromatic heterocycles. The van der Waals surface area contributed by atoms with Gasteiger partial charge in [0.25, 0.3) is 0 Å². The second-order valence-electron chi connectivity index (χ2n) is 6.35. The van der Waals surface area contributed by atoms with Crippen molar-refractivity contribution in [2.45, 2.75) is 44.2 Å². The molecule has 4 heteroatoms. The lowest BCUT2D eigenvalue weighted by molar-refractivity contribution is -0.133. The van der Waals surface area contributed by atoms with Gasteiger partial charge in [-0.15, -0.1) is 0 Å². The van der Waals surface area contributed by atoms with Gasteiger partial charge >= 0.3 is 0 Å². The normalized spacial score (nSPS) is 23.7. The van der Waals surface area contributed by atoms with Gasteiger partial charge in [0.2, 0.25) is 5.91 Å². The van der Waals surface area contributed by atoms with Crippen LogP contribution in [0.2, 0.25) is 0 Å². The number of rotatable bonds is 3. The Morgan fingerprint density at radius 2 is 2.14 bits per heavy atom. The van der Waals surface area contributed by atoms with Crippen molar-refractivity contribution in [2.24, 2.45) is 0 Å². The first kappa shape index (κ1) is 13.6. The third kappa shape index (κ3) is 2.32. The van der Waals surface area contributed by atoms with Crippen LogP contribution in [0, 0.1) is 0 Å². The molecule has 2 atom stereocenters. The van der Waals surface area contributed by atoms with E-state index in [1.807, 2.05) is 16.9 Å². The van der Waals surface area contributed by atoms with Crippen LogP contribution < -0.4 is 0 Å². The van der Waals surface area contributed by atoms with E-state index in [9.17, 15) is 4.79 Å². The molecule has 1 amide bonds. The maximum absolute atomic E-state index is 13.0. The topological polar surface area (TPSA) is 38.1 Å². The van der Waals surface area contributed by atoms with Crippen molar-refractivity contribution in [2.75, 3.05) is 6.54 Å². The number of aryl methyl sites for hydroxylation is 1. The van der Waals surface area contributed by atoms with E-state index in [0.29, 0.717) is 11.9 Å². The highest BCUT2D eigenvalue weighted by Gasteiger charge is 2.36. The Labute approximate surface area is 130 Å². The summed E-state index contributed by atoms with van der Waals surface area (Å²) in [6.45, 7) is 1.70. The monoisotopic (exact) mass is 295 g/mol. The van der Waals surface area contributed by atoms with Crippen LogP contribution in [0.1, 0.15) is 36.3 Å². The first-order valence-corrected chi connectivity index (χ1v) is 8.18. The van der Waals surface area contributed by atoms with E-state index in [2.05, 4.69) is 34.3 Å². The van der Waals surface area contributed by atoms with E-state index in [1.165, 1.54) is 11.1 Å². The molecule has 114 valence electrons. The molecule has 0 N–H and O–H groups in total. The summed E-state index contributed by atoms with van der Waals surface area (Å²) >= 11 is 0. The van der Waals surface area contributed by atoms with Crippen LogP contribution in [0.5, 0.6) is 0 Å². The Bertz CT molecular complexity index is 665. The molecule has 2 heterocycles. The van der Waals surface area contributed by atoms with Gasteiger partial charge in [0.15, 0.2) is 0 Å². The quantitative estimate of drug-likeness (QED) is 0.873. The lowest BCUT2D eigenvalue weighted by atomic mass is 9.99. The predicted octanol–water partition coefficient (Wildman–Crippen LogP) is 2.60. The largest absolute Gasteiger partial charge is 0.337 e. The molecule has 1 aromatic carbocycles. The van der Waals surface area contributed by atoms with Crippen molar-refractivity contribution >= 4 is 5.91 Å². The fourth-order valence-corrected chi connectivity index (χ4v) is 3.95. The summed E-state index contributed by atoms with van der Waals surface area (Å²) in [6, 6.07) is 10.6. The van der Waals surface area contributed by atoms with Gasteiger partial charge in [-0.1, -0.05) is 24.3 Å². The lowest BCUT2D eigenvalue weighted by Crippen LogP contribution is -2.40. The highest BCUT2D eigenvalue weighted by molar-refractivity contribution is 5.85. The highest BCUT2D eigenvalue weighted by atomic mass is 16.2. The minimum Gasteiger partial charge on any atom is -0.337 e. The second-order valence-corrected chi connectivity index (χ2v) is 6.35. The van der Waals surface area contributed by atoms with Crippen molar-refractivity contribution in [3.63, 3.8) is 0 Å². The predicted molar refractivity (Wildman–Crippen MR) is 84.5 cm³/mol. The first-order chi connectivity index (χ1) is 10.8. The summed E-state index contributed by atoms with van der Waals surface area (Å²) in [4.78, 5) is 15.2. The molecule has 1 aliphatic carbocycles. The average molecular weight is 295 g/mol. The molecule has 0 saturated carbocycles. The number of nitrogens with zero attached hydrogens (tertiary/aromatic N) is 3. The standard InChI is InChI=1S/C18H21N3O/c22-18(17-9-8-14-5-1-2-7-16(14)17)21-12-3-6-15(21)13-20-11-4-10-19-20/h1-2,4-5,7,10-11,15,17H,3,6,8-9,12-13H2/t15-,17+/m1/s1. The number of carbonyl (C=O) groups excluding carboxylic acids is 1. The van der Waals surface area contributed by atoms with Gasteiger partial charge < -0.3 is 4.90 Å². The van der Waals surface area contributed by atoms with E-state index < -0.39 is 0 Å². The van der Waals surface area contributed by atoms with Crippen molar-refractivity contribution in [3.05, 3.63) is 53.9 Å². The van der Waals surface area contributed by atoms with E-state index in [0.717, 1.165) is 38.8 Å². The van der Waals surface area contributed by atoms with Gasteiger partial charge in [0.1, 0.15) is 0 Å². The van der Waals surface area contributed by atoms with Gasteiger partial charge in [0, 0.05) is 18.9 Å². The molecule has 2 aliphatic rings. The summed E-state index contributed by atoms with van der Waals surface area (Å²) in [5.74, 6) is 0.383. The Hall–Kier alpha value is -2.10. The van der Waals surface area contributed by atoms with E-state index in [-0.39, 0.29) is 5.92 Å². The molecule has 22 heavy (non-hydrogen) atoms. The molecular weight excluding hydrogens is 274 g/mol. The number of fused-ring (bicyclic) bond motifs is 1. The van der Waals surface area contributed by atoms with Crippen molar-refractivity contribution in [1.29, 1.82) is 0 Å². The number of benzene rings is 1. The first-order valence-electron chi connectivity index (χ1n) is 8.18. The van der Waals surface area contributed by atoms with Crippen LogP contribution in [0.4, 0.5) is 0 Å². The molecule has 1 saturated heterocycles. The molecule has 4 rings (SSSR count). The van der Waals surface area contributed by atoms with Crippen LogP contribution in [-0.2, 0) is 17.8 Å². The third-order valence-corrected chi connectivity index (χ3v) is 5.05. The van der Waals surface area contributed by atoms with E-state index in [1.54, 1.807) is 6.20 Å². The Balaban J connectivity index is 1.52. The van der Waals surface area contributed by atoms with Gasteiger partial charge in [-0.25, -0.2) is 0 Å². The van der Waals surface area contributed by atoms with Crippen LogP contribution >= 0.6 is 0 Å². The number of hydrogen-bond donors (Lipinski definition) is 0. The smallest absolute Gasteiger partial charge is 0.230 e. The summed E-state index contributed by atoms with van der Waals surface area (Å²) in [5.41, 5.74) is 2.60. The summed E-state index contributed by atoms with van der Waals surface area (Å²) in [6.07, 6.45) is 7.96. The number of likely N-dealkylation sites (tertiary alicyclic amines) is 1. The van der Waals surface area contributed by atoms with Crippen LogP contribution in [-0.4, -0.2) is 33.2 Å². The summed E-state index contributed by atoms with van der Waals surface area (Å²) < 4.78 is 1.94. The second kappa shape index (κ2) is 5.59. The molecule has 0 unspecified atom stereocenters. The van der Waals surface area contributed by atoms with Gasteiger partial charge in [-0.3, -0.25) is 9.48 Å². The van der Waals surface area contributed by atoms with E-state index >= 15 is 0 Å². The minimum atomic E-state index is 0.0643. The van der Waals surface area contributed by atoms with Crippen molar-refractivity contribution in [1.82, 2.24) is 14.7 Å². The zero-order chi connectivity index (χ0) is 14.9. The van der Waals surface area contributed by atoms with Gasteiger partial charge in [-0.05, 0) is 42.9 Å².